The molecule has 0 aliphatic carbocycles. The van der Waals surface area contributed by atoms with Crippen LogP contribution in [-0.4, -0.2) is 62.7 Å². The number of hydrogen-bond donors (Lipinski definition) is 0. The van der Waals surface area contributed by atoms with E-state index in [1.165, 1.54) is 45.3 Å². The van der Waals surface area contributed by atoms with E-state index in [1.54, 1.807) is 0 Å². The van der Waals surface area contributed by atoms with Crippen LogP contribution in [0.4, 0.5) is 0 Å². The van der Waals surface area contributed by atoms with Crippen molar-refractivity contribution in [1.82, 2.24) is 9.80 Å². The number of carbonyl (C=O) groups is 1. The average molecular weight is 276 g/mol. The minimum Gasteiger partial charge on any atom is -0.465 e. The molecule has 4 nitrogen and oxygen atoms in total. The first-order valence-corrected chi connectivity index (χ1v) is 7.27. The highest BCUT2D eigenvalue weighted by Gasteiger charge is 2.12. The van der Waals surface area contributed by atoms with Gasteiger partial charge in [0.1, 0.15) is 0 Å². The molecule has 1 aromatic rings. The lowest BCUT2D eigenvalue weighted by Gasteiger charge is -2.32. The molecule has 0 N–H and O–H groups in total. The molecular weight excluding hydrogens is 252 g/mol. The minimum absolute atomic E-state index is 0.269. The maximum absolute atomic E-state index is 11.3. The maximum Gasteiger partial charge on any atom is 0.337 e. The zero-order valence-electron chi connectivity index (χ0n) is 12.5. The third-order valence-corrected chi connectivity index (χ3v) is 3.91. The van der Waals surface area contributed by atoms with E-state index in [9.17, 15) is 4.79 Å². The van der Waals surface area contributed by atoms with E-state index in [1.807, 2.05) is 24.3 Å². The smallest absolute Gasteiger partial charge is 0.337 e. The van der Waals surface area contributed by atoms with Gasteiger partial charge in [0.25, 0.3) is 0 Å². The Hall–Kier alpha value is -1.39. The van der Waals surface area contributed by atoms with Gasteiger partial charge in [0, 0.05) is 26.2 Å². The van der Waals surface area contributed by atoms with Crippen molar-refractivity contribution >= 4 is 5.97 Å². The Morgan fingerprint density at radius 1 is 1.15 bits per heavy atom. The Morgan fingerprint density at radius 2 is 1.80 bits per heavy atom. The van der Waals surface area contributed by atoms with Gasteiger partial charge < -0.3 is 14.5 Å². The molecule has 1 heterocycles. The molecular formula is C16H24N2O2. The van der Waals surface area contributed by atoms with Gasteiger partial charge in [-0.1, -0.05) is 12.1 Å². The number of benzene rings is 1. The second-order valence-corrected chi connectivity index (χ2v) is 5.44. The van der Waals surface area contributed by atoms with Gasteiger partial charge in [0.2, 0.25) is 0 Å². The van der Waals surface area contributed by atoms with Crippen molar-refractivity contribution in [2.45, 2.75) is 12.8 Å². The molecule has 1 aromatic carbocycles. The average Bonchev–Trinajstić information content (AvgIpc) is 2.49. The quantitative estimate of drug-likeness (QED) is 0.766. The van der Waals surface area contributed by atoms with Crippen LogP contribution >= 0.6 is 0 Å². The molecule has 0 spiro atoms. The summed E-state index contributed by atoms with van der Waals surface area (Å²) in [6.45, 7) is 5.86. The summed E-state index contributed by atoms with van der Waals surface area (Å²) in [4.78, 5) is 16.2. The molecule has 110 valence electrons. The van der Waals surface area contributed by atoms with Crippen molar-refractivity contribution in [2.24, 2.45) is 0 Å². The standard InChI is InChI=1S/C16H24N2O2/c1-17-10-12-18(13-11-17)9-3-4-14-5-7-15(8-6-14)16(19)20-2/h5-8H,3-4,9-13H2,1-2H3. The van der Waals surface area contributed by atoms with Crippen LogP contribution < -0.4 is 0 Å². The number of aryl methyl sites for hydroxylation is 1. The van der Waals surface area contributed by atoms with E-state index in [0.717, 1.165) is 13.0 Å². The van der Waals surface area contributed by atoms with Gasteiger partial charge in [-0.2, -0.15) is 0 Å². The Kier molecular flexibility index (Phi) is 5.56. The van der Waals surface area contributed by atoms with Gasteiger partial charge in [0.05, 0.1) is 12.7 Å². The molecule has 1 aliphatic rings. The third-order valence-electron chi connectivity index (χ3n) is 3.91. The number of carbonyl (C=O) groups excluding carboxylic acids is 1. The topological polar surface area (TPSA) is 32.8 Å². The molecule has 0 bridgehead atoms. The van der Waals surface area contributed by atoms with E-state index in [0.29, 0.717) is 5.56 Å². The molecule has 20 heavy (non-hydrogen) atoms. The van der Waals surface area contributed by atoms with Gasteiger partial charge in [-0.15, -0.1) is 0 Å². The number of nitrogens with zero attached hydrogens (tertiary/aromatic N) is 2. The number of ether oxygens (including phenoxy) is 1. The fourth-order valence-electron chi connectivity index (χ4n) is 2.50. The predicted molar refractivity (Wildman–Crippen MR) is 80.0 cm³/mol. The van der Waals surface area contributed by atoms with Crippen molar-refractivity contribution in [3.8, 4) is 0 Å². The number of likely N-dealkylation sites (N-methyl/N-ethyl adjacent to an activating group) is 1. The van der Waals surface area contributed by atoms with Crippen molar-refractivity contribution in [1.29, 1.82) is 0 Å². The summed E-state index contributed by atoms with van der Waals surface area (Å²) in [6.07, 6.45) is 2.23. The maximum atomic E-state index is 11.3. The minimum atomic E-state index is -0.269. The van der Waals surface area contributed by atoms with E-state index in [-0.39, 0.29) is 5.97 Å². The normalized spacial score (nSPS) is 17.1. The number of rotatable bonds is 5. The van der Waals surface area contributed by atoms with Crippen LogP contribution in [0.15, 0.2) is 24.3 Å². The highest BCUT2D eigenvalue weighted by molar-refractivity contribution is 5.89. The molecule has 4 heteroatoms. The van der Waals surface area contributed by atoms with Gasteiger partial charge in [-0.3, -0.25) is 0 Å². The molecule has 2 rings (SSSR count). The molecule has 0 aromatic heterocycles. The predicted octanol–water partition coefficient (Wildman–Crippen LogP) is 1.65. The van der Waals surface area contributed by atoms with Crippen LogP contribution in [0.3, 0.4) is 0 Å². The summed E-state index contributed by atoms with van der Waals surface area (Å²) in [5.74, 6) is -0.269. The van der Waals surface area contributed by atoms with Crippen LogP contribution in [0.5, 0.6) is 0 Å². The fourth-order valence-corrected chi connectivity index (χ4v) is 2.50. The van der Waals surface area contributed by atoms with Gasteiger partial charge in [-0.25, -0.2) is 4.79 Å². The lowest BCUT2D eigenvalue weighted by atomic mass is 10.1. The zero-order chi connectivity index (χ0) is 14.4. The summed E-state index contributed by atoms with van der Waals surface area (Å²) in [5.41, 5.74) is 1.90. The second-order valence-electron chi connectivity index (χ2n) is 5.44. The largest absolute Gasteiger partial charge is 0.465 e. The van der Waals surface area contributed by atoms with Crippen molar-refractivity contribution in [3.63, 3.8) is 0 Å². The number of piperazine rings is 1. The van der Waals surface area contributed by atoms with E-state index in [4.69, 9.17) is 4.74 Å². The SMILES string of the molecule is COC(=O)c1ccc(CCCN2CCN(C)CC2)cc1. The van der Waals surface area contributed by atoms with Gasteiger partial charge in [-0.05, 0) is 44.1 Å². The highest BCUT2D eigenvalue weighted by atomic mass is 16.5. The Labute approximate surface area is 121 Å². The van der Waals surface area contributed by atoms with Crippen molar-refractivity contribution in [3.05, 3.63) is 35.4 Å². The zero-order valence-corrected chi connectivity index (χ0v) is 12.5. The Morgan fingerprint density at radius 3 is 2.40 bits per heavy atom. The van der Waals surface area contributed by atoms with Crippen LogP contribution in [0.2, 0.25) is 0 Å². The van der Waals surface area contributed by atoms with Gasteiger partial charge >= 0.3 is 5.97 Å². The number of hydrogen-bond acceptors (Lipinski definition) is 4. The Bertz CT molecular complexity index is 423. The summed E-state index contributed by atoms with van der Waals surface area (Å²) in [5, 5.41) is 0. The summed E-state index contributed by atoms with van der Waals surface area (Å²) in [6, 6.07) is 7.74. The Balaban J connectivity index is 1.73. The summed E-state index contributed by atoms with van der Waals surface area (Å²) < 4.78 is 4.70. The molecule has 1 aliphatic heterocycles. The monoisotopic (exact) mass is 276 g/mol. The first-order chi connectivity index (χ1) is 9.69. The molecule has 1 fully saturated rings. The second kappa shape index (κ2) is 7.41. The number of esters is 1. The molecule has 0 atom stereocenters. The van der Waals surface area contributed by atoms with E-state index < -0.39 is 0 Å². The third kappa shape index (κ3) is 4.32. The molecule has 0 radical (unpaired) electrons. The summed E-state index contributed by atoms with van der Waals surface area (Å²) in [7, 11) is 3.59. The molecule has 0 amide bonds. The lowest BCUT2D eigenvalue weighted by molar-refractivity contribution is 0.0600. The molecule has 0 unspecified atom stereocenters. The van der Waals surface area contributed by atoms with Gasteiger partial charge in [0.15, 0.2) is 0 Å². The fraction of sp³-hybridized carbons (Fsp3) is 0.562. The number of methoxy groups -OCH3 is 1. The van der Waals surface area contributed by atoms with Crippen LogP contribution in [0.25, 0.3) is 0 Å². The van der Waals surface area contributed by atoms with Crippen LogP contribution in [0.1, 0.15) is 22.3 Å². The van der Waals surface area contributed by atoms with Crippen molar-refractivity contribution < 1.29 is 9.53 Å². The van der Waals surface area contributed by atoms with Crippen LogP contribution in [-0.2, 0) is 11.2 Å². The van der Waals surface area contributed by atoms with E-state index in [2.05, 4.69) is 16.8 Å². The molecule has 0 saturated carbocycles. The van der Waals surface area contributed by atoms with E-state index >= 15 is 0 Å². The van der Waals surface area contributed by atoms with Crippen molar-refractivity contribution in [2.75, 3.05) is 46.9 Å². The first-order valence-electron chi connectivity index (χ1n) is 7.27. The first kappa shape index (κ1) is 15.0. The summed E-state index contributed by atoms with van der Waals surface area (Å²) >= 11 is 0. The molecule has 1 saturated heterocycles. The van der Waals surface area contributed by atoms with Crippen LogP contribution in [0, 0.1) is 0 Å². The highest BCUT2D eigenvalue weighted by Crippen LogP contribution is 2.09. The lowest BCUT2D eigenvalue weighted by Crippen LogP contribution is -2.44.